The van der Waals surface area contributed by atoms with E-state index in [4.69, 9.17) is 5.73 Å². The van der Waals surface area contributed by atoms with Crippen molar-refractivity contribution in [3.63, 3.8) is 0 Å². The zero-order valence-electron chi connectivity index (χ0n) is 10.3. The van der Waals surface area contributed by atoms with Crippen LogP contribution in [0.2, 0.25) is 0 Å². The maximum Gasteiger partial charge on any atom is 0.471 e. The van der Waals surface area contributed by atoms with Gasteiger partial charge < -0.3 is 10.6 Å². The van der Waals surface area contributed by atoms with Crippen molar-refractivity contribution in [2.24, 2.45) is 5.73 Å². The Morgan fingerprint density at radius 2 is 1.80 bits per heavy atom. The maximum atomic E-state index is 12.7. The number of hydrogen-bond donors (Lipinski definition) is 1. The predicted octanol–water partition coefficient (Wildman–Crippen LogP) is 2.39. The number of hydrogen-bond acceptors (Lipinski definition) is 2. The number of nitrogens with two attached hydrogens (primary N) is 1. The average Bonchev–Trinajstić information content (AvgIpc) is 2.34. The number of carbonyl (C=O) groups excluding carboxylic acids is 1. The fourth-order valence-electron chi connectivity index (χ4n) is 1.49. The van der Waals surface area contributed by atoms with Crippen molar-refractivity contribution in [3.8, 4) is 0 Å². The molecule has 0 spiro atoms. The van der Waals surface area contributed by atoms with E-state index in [1.165, 1.54) is 12.1 Å². The van der Waals surface area contributed by atoms with E-state index in [9.17, 15) is 22.4 Å². The summed E-state index contributed by atoms with van der Waals surface area (Å²) in [6.07, 6.45) is -4.99. The van der Waals surface area contributed by atoms with E-state index in [0.29, 0.717) is 10.5 Å². The lowest BCUT2D eigenvalue weighted by molar-refractivity contribution is -0.186. The van der Waals surface area contributed by atoms with E-state index in [2.05, 4.69) is 12.2 Å². The summed E-state index contributed by atoms with van der Waals surface area (Å²) < 4.78 is 50.2. The van der Waals surface area contributed by atoms with E-state index in [-0.39, 0.29) is 24.5 Å². The highest BCUT2D eigenvalue weighted by Gasteiger charge is 2.42. The molecule has 2 N–H and O–H groups in total. The third kappa shape index (κ3) is 5.12. The molecule has 0 unspecified atom stereocenters. The number of halogens is 4. The number of thiocarbonyl (C=S) groups is 1. The Hall–Kier alpha value is -1.70. The normalized spacial score (nSPS) is 11.2. The summed E-state index contributed by atoms with van der Waals surface area (Å²) in [5.74, 6) is -2.48. The highest BCUT2D eigenvalue weighted by atomic mass is 32.1. The molecule has 0 heterocycles. The summed E-state index contributed by atoms with van der Waals surface area (Å²) in [5, 5.41) is 0. The molecule has 0 aliphatic rings. The number of benzene rings is 1. The fraction of sp³-hybridized carbons (Fsp3) is 0.333. The topological polar surface area (TPSA) is 46.3 Å². The van der Waals surface area contributed by atoms with Gasteiger partial charge in [-0.15, -0.1) is 0 Å². The van der Waals surface area contributed by atoms with Crippen LogP contribution in [0.15, 0.2) is 24.3 Å². The molecule has 0 aliphatic heterocycles. The number of carbonyl (C=O) groups is 1. The van der Waals surface area contributed by atoms with E-state index >= 15 is 0 Å². The molecule has 0 radical (unpaired) electrons. The largest absolute Gasteiger partial charge is 0.471 e. The molecule has 0 fully saturated rings. The minimum absolute atomic E-state index is 0.0155. The highest BCUT2D eigenvalue weighted by Crippen LogP contribution is 2.20. The first kappa shape index (κ1) is 16.4. The molecule has 8 heteroatoms. The van der Waals surface area contributed by atoms with Crippen LogP contribution in [-0.2, 0) is 11.3 Å². The smallest absolute Gasteiger partial charge is 0.393 e. The lowest BCUT2D eigenvalue weighted by atomic mass is 10.2. The molecular weight excluding hydrogens is 296 g/mol. The van der Waals surface area contributed by atoms with Gasteiger partial charge in [-0.1, -0.05) is 24.4 Å². The lowest BCUT2D eigenvalue weighted by Crippen LogP contribution is -2.42. The van der Waals surface area contributed by atoms with Gasteiger partial charge in [0.15, 0.2) is 0 Å². The monoisotopic (exact) mass is 308 g/mol. The van der Waals surface area contributed by atoms with E-state index < -0.39 is 17.9 Å². The second kappa shape index (κ2) is 6.65. The van der Waals surface area contributed by atoms with Crippen molar-refractivity contribution >= 4 is 23.1 Å². The Labute approximate surface area is 118 Å². The van der Waals surface area contributed by atoms with Crippen LogP contribution in [0.25, 0.3) is 0 Å². The van der Waals surface area contributed by atoms with Crippen LogP contribution in [0.3, 0.4) is 0 Å². The van der Waals surface area contributed by atoms with Gasteiger partial charge in [0.05, 0.1) is 4.99 Å². The van der Waals surface area contributed by atoms with Crippen LogP contribution < -0.4 is 5.73 Å². The molecule has 0 bridgehead atoms. The SMILES string of the molecule is NC(=S)CCN(Cc1ccc(F)cc1)C(=O)C(F)(F)F. The van der Waals surface area contributed by atoms with Crippen molar-refractivity contribution in [1.82, 2.24) is 4.90 Å². The van der Waals surface area contributed by atoms with E-state index in [1.807, 2.05) is 0 Å². The van der Waals surface area contributed by atoms with Gasteiger partial charge in [0.25, 0.3) is 0 Å². The van der Waals surface area contributed by atoms with Crippen LogP contribution in [0.1, 0.15) is 12.0 Å². The van der Waals surface area contributed by atoms with Gasteiger partial charge in [-0.25, -0.2) is 4.39 Å². The van der Waals surface area contributed by atoms with Gasteiger partial charge in [-0.05, 0) is 17.7 Å². The highest BCUT2D eigenvalue weighted by molar-refractivity contribution is 7.80. The molecule has 1 amide bonds. The Balaban J connectivity index is 2.84. The molecule has 1 rings (SSSR count). The Morgan fingerprint density at radius 3 is 2.25 bits per heavy atom. The van der Waals surface area contributed by atoms with Crippen LogP contribution in [-0.4, -0.2) is 28.5 Å². The Bertz CT molecular complexity index is 487. The number of alkyl halides is 3. The van der Waals surface area contributed by atoms with Crippen LogP contribution in [0.4, 0.5) is 17.6 Å². The molecule has 110 valence electrons. The van der Waals surface area contributed by atoms with Crippen molar-refractivity contribution in [1.29, 1.82) is 0 Å². The van der Waals surface area contributed by atoms with Crippen LogP contribution in [0.5, 0.6) is 0 Å². The zero-order valence-corrected chi connectivity index (χ0v) is 11.1. The van der Waals surface area contributed by atoms with E-state index in [1.54, 1.807) is 0 Å². The Morgan fingerprint density at radius 1 is 1.25 bits per heavy atom. The third-order valence-corrected chi connectivity index (χ3v) is 2.65. The number of amides is 1. The molecule has 3 nitrogen and oxygen atoms in total. The second-order valence-electron chi connectivity index (χ2n) is 4.07. The molecule has 0 saturated heterocycles. The zero-order chi connectivity index (χ0) is 15.3. The van der Waals surface area contributed by atoms with Crippen molar-refractivity contribution in [3.05, 3.63) is 35.6 Å². The van der Waals surface area contributed by atoms with Gasteiger partial charge in [0, 0.05) is 19.5 Å². The van der Waals surface area contributed by atoms with E-state index in [0.717, 1.165) is 12.1 Å². The first-order valence-corrected chi connectivity index (χ1v) is 6.00. The molecule has 1 aromatic carbocycles. The average molecular weight is 308 g/mol. The second-order valence-corrected chi connectivity index (χ2v) is 4.59. The first-order valence-electron chi connectivity index (χ1n) is 5.59. The van der Waals surface area contributed by atoms with Crippen molar-refractivity contribution < 1.29 is 22.4 Å². The van der Waals surface area contributed by atoms with Gasteiger partial charge in [-0.3, -0.25) is 4.79 Å². The summed E-state index contributed by atoms with van der Waals surface area (Å²) in [4.78, 5) is 11.9. The number of rotatable bonds is 5. The molecule has 0 aromatic heterocycles. The first-order chi connectivity index (χ1) is 9.20. The maximum absolute atomic E-state index is 12.7. The Kier molecular flexibility index (Phi) is 5.43. The van der Waals surface area contributed by atoms with Crippen LogP contribution >= 0.6 is 12.2 Å². The molecule has 20 heavy (non-hydrogen) atoms. The minimum atomic E-state index is -4.98. The summed E-state index contributed by atoms with van der Waals surface area (Å²) >= 11 is 4.58. The molecule has 0 saturated carbocycles. The van der Waals surface area contributed by atoms with Gasteiger partial charge in [0.2, 0.25) is 0 Å². The third-order valence-electron chi connectivity index (χ3n) is 2.44. The van der Waals surface area contributed by atoms with Crippen molar-refractivity contribution in [2.45, 2.75) is 19.1 Å². The lowest BCUT2D eigenvalue weighted by Gasteiger charge is -2.23. The molecule has 0 atom stereocenters. The van der Waals surface area contributed by atoms with Gasteiger partial charge in [-0.2, -0.15) is 13.2 Å². The molecular formula is C12H12F4N2OS. The molecule has 1 aromatic rings. The fourth-order valence-corrected chi connectivity index (χ4v) is 1.58. The van der Waals surface area contributed by atoms with Crippen molar-refractivity contribution in [2.75, 3.05) is 6.54 Å². The number of nitrogens with zero attached hydrogens (tertiary/aromatic N) is 1. The minimum Gasteiger partial charge on any atom is -0.393 e. The summed E-state index contributed by atoms with van der Waals surface area (Å²) in [6.45, 7) is -0.535. The summed E-state index contributed by atoms with van der Waals surface area (Å²) in [7, 11) is 0. The standard InChI is InChI=1S/C12H12F4N2OS/c13-9-3-1-8(2-4-9)7-18(6-5-10(17)20)11(19)12(14,15)16/h1-4H,5-7H2,(H2,17,20). The molecule has 0 aliphatic carbocycles. The van der Waals surface area contributed by atoms with Crippen LogP contribution in [0, 0.1) is 5.82 Å². The van der Waals surface area contributed by atoms with Gasteiger partial charge >= 0.3 is 12.1 Å². The predicted molar refractivity (Wildman–Crippen MR) is 69.3 cm³/mol. The van der Waals surface area contributed by atoms with Gasteiger partial charge in [0.1, 0.15) is 5.82 Å². The quantitative estimate of drug-likeness (QED) is 0.671. The summed E-state index contributed by atoms with van der Waals surface area (Å²) in [6, 6.07) is 4.85. The summed E-state index contributed by atoms with van der Waals surface area (Å²) in [5.41, 5.74) is 5.61.